The Morgan fingerprint density at radius 1 is 0.795 bits per heavy atom. The average Bonchev–Trinajstić information content (AvgIpc) is 3.69. The van der Waals surface area contributed by atoms with E-state index in [0.29, 0.717) is 77.3 Å². The Labute approximate surface area is 427 Å². The van der Waals surface area contributed by atoms with Crippen molar-refractivity contribution in [3.8, 4) is 0 Å². The summed E-state index contributed by atoms with van der Waals surface area (Å²) < 4.78 is 79.3. The van der Waals surface area contributed by atoms with Crippen molar-refractivity contribution in [2.45, 2.75) is 79.7 Å². The van der Waals surface area contributed by atoms with Gasteiger partial charge in [-0.05, 0) is 85.6 Å². The van der Waals surface area contributed by atoms with Crippen molar-refractivity contribution >= 4 is 46.7 Å². The number of aliphatic hydroxyl groups excluding tert-OH is 2. The average molecular weight is 1040 g/mol. The molecule has 17 nitrogen and oxygen atoms in total. The van der Waals surface area contributed by atoms with E-state index in [1.54, 1.807) is 18.2 Å². The summed E-state index contributed by atoms with van der Waals surface area (Å²) >= 11 is 1.46. The van der Waals surface area contributed by atoms with Crippen LogP contribution in [0.3, 0.4) is 0 Å². The van der Waals surface area contributed by atoms with Gasteiger partial charge in [0.15, 0.2) is 23.5 Å². The van der Waals surface area contributed by atoms with Crippen LogP contribution in [0.5, 0.6) is 0 Å². The highest BCUT2D eigenvalue weighted by Crippen LogP contribution is 2.66. The number of fused-ring (bicyclic) bond motifs is 5. The Bertz CT molecular complexity index is 2320. The molecule has 398 valence electrons. The van der Waals surface area contributed by atoms with Crippen LogP contribution in [0.4, 0.5) is 14.5 Å². The predicted molar refractivity (Wildman–Crippen MR) is 261 cm³/mol. The Kier molecular flexibility index (Phi) is 20.2. The number of nitrogens with one attached hydrogen (secondary N) is 1. The first-order valence-corrected chi connectivity index (χ1v) is 25.5. The molecule has 0 spiro atoms. The highest BCUT2D eigenvalue weighted by Gasteiger charge is 2.70. The summed E-state index contributed by atoms with van der Waals surface area (Å²) in [5.41, 5.74) is -3.63. The second kappa shape index (κ2) is 26.3. The Morgan fingerprint density at radius 3 is 2.01 bits per heavy atom. The monoisotopic (exact) mass is 1040 g/mol. The fourth-order valence-corrected chi connectivity index (χ4v) is 11.2. The van der Waals surface area contributed by atoms with Gasteiger partial charge in [-0.1, -0.05) is 43.0 Å². The maximum absolute atomic E-state index is 17.7. The van der Waals surface area contributed by atoms with Crippen molar-refractivity contribution in [1.82, 2.24) is 4.90 Å². The fourth-order valence-electron chi connectivity index (χ4n) is 10.3. The van der Waals surface area contributed by atoms with Crippen LogP contribution in [0.15, 0.2) is 94.3 Å². The molecule has 9 atom stereocenters. The molecule has 0 radical (unpaired) electrons. The first-order chi connectivity index (χ1) is 35.1. The quantitative estimate of drug-likeness (QED) is 0.0786. The minimum Gasteiger partial charge on any atom is -0.390 e. The maximum atomic E-state index is 17.7. The van der Waals surface area contributed by atoms with Gasteiger partial charge in [-0.25, -0.2) is 8.78 Å². The number of hydrogen-bond donors (Lipinski definition) is 3. The van der Waals surface area contributed by atoms with Crippen LogP contribution in [0, 0.1) is 22.7 Å². The van der Waals surface area contributed by atoms with Crippen LogP contribution in [-0.2, 0) is 61.9 Å². The number of halogens is 2. The van der Waals surface area contributed by atoms with Gasteiger partial charge in [0, 0.05) is 44.5 Å². The first kappa shape index (κ1) is 56.2. The molecule has 2 aromatic carbocycles. The second-order valence-corrected chi connectivity index (χ2v) is 20.2. The lowest BCUT2D eigenvalue weighted by Gasteiger charge is -2.63. The number of Topliss-reactive ketones (excluding diaryl/α,β-unsaturated/α-hetero) is 1. The van der Waals surface area contributed by atoms with Gasteiger partial charge < -0.3 is 53.4 Å². The van der Waals surface area contributed by atoms with Crippen molar-refractivity contribution < 1.29 is 80.9 Å². The number of amides is 3. The lowest BCUT2D eigenvalue weighted by atomic mass is 9.44. The highest BCUT2D eigenvalue weighted by atomic mass is 32.2. The standard InChI is InChI=1S/C53H66F2N2O15S/c1-51-32-46(61)53(55)41(30-43(54)42-29-37(59)12-14-52(42,53)2)40(51)31-45(44(60)33-58)72-50(71-34-51)35-6-8-38(9-7-35)73-39-5-3-4-36(28-39)56-47(62)13-16-65-18-20-67-22-24-69-26-27-70-25-23-68-21-19-66-17-15-57-48(63)10-11-49(57)64/h3-12,14,28-29,40-41,43,45-46,50,58,61H,13,15-27,30-34H2,1-2H3,(H,56,62)/t40-,41-,43-,45+,46-,50-,51+,52-,53-/m0/s1. The molecule has 3 fully saturated rings. The lowest BCUT2D eigenvalue weighted by Crippen LogP contribution is -2.69. The van der Waals surface area contributed by atoms with Gasteiger partial charge in [0.2, 0.25) is 5.91 Å². The summed E-state index contributed by atoms with van der Waals surface area (Å²) in [4.78, 5) is 64.0. The molecule has 3 N–H and O–H groups in total. The molecule has 2 heterocycles. The van der Waals surface area contributed by atoms with Gasteiger partial charge in [-0.3, -0.25) is 28.9 Å². The third kappa shape index (κ3) is 14.0. The van der Waals surface area contributed by atoms with Crippen LogP contribution in [0.1, 0.15) is 51.4 Å². The van der Waals surface area contributed by atoms with Crippen LogP contribution in [-0.4, -0.2) is 167 Å². The van der Waals surface area contributed by atoms with Gasteiger partial charge in [-0.2, -0.15) is 0 Å². The zero-order valence-corrected chi connectivity index (χ0v) is 42.0. The molecule has 2 aromatic rings. The highest BCUT2D eigenvalue weighted by molar-refractivity contribution is 7.99. The lowest BCUT2D eigenvalue weighted by molar-refractivity contribution is -0.262. The first-order valence-electron chi connectivity index (χ1n) is 24.7. The summed E-state index contributed by atoms with van der Waals surface area (Å²) in [5, 5.41) is 24.6. The molecular formula is C53H66F2N2O15S. The molecule has 73 heavy (non-hydrogen) atoms. The molecule has 3 amide bonds. The zero-order valence-electron chi connectivity index (χ0n) is 41.2. The van der Waals surface area contributed by atoms with E-state index in [2.05, 4.69) is 5.32 Å². The summed E-state index contributed by atoms with van der Waals surface area (Å²) in [6.45, 7) is 6.96. The molecule has 5 aliphatic rings. The van der Waals surface area contributed by atoms with Crippen LogP contribution in [0.2, 0.25) is 0 Å². The third-order valence-electron chi connectivity index (χ3n) is 14.2. The van der Waals surface area contributed by atoms with Crippen LogP contribution < -0.4 is 5.32 Å². The van der Waals surface area contributed by atoms with E-state index >= 15 is 8.78 Å². The molecule has 7 rings (SSSR count). The number of ether oxygens (including phenoxy) is 8. The maximum Gasteiger partial charge on any atom is 0.253 e. The number of allylic oxidation sites excluding steroid dienone is 4. The van der Waals surface area contributed by atoms with Gasteiger partial charge in [0.1, 0.15) is 18.9 Å². The minimum atomic E-state index is -2.35. The molecule has 1 saturated heterocycles. The normalized spacial score (nSPS) is 28.8. The van der Waals surface area contributed by atoms with Crippen molar-refractivity contribution in [2.24, 2.45) is 22.7 Å². The molecule has 2 aliphatic heterocycles. The molecular weight excluding hydrogens is 975 g/mol. The van der Waals surface area contributed by atoms with Gasteiger partial charge in [0.05, 0.1) is 105 Å². The van der Waals surface area contributed by atoms with E-state index in [0.717, 1.165) is 20.8 Å². The molecule has 0 unspecified atom stereocenters. The summed E-state index contributed by atoms with van der Waals surface area (Å²) in [7, 11) is 0. The number of alkyl halides is 2. The number of aliphatic hydroxyl groups is 2. The molecule has 2 saturated carbocycles. The number of carbonyl (C=O) groups is 5. The van der Waals surface area contributed by atoms with Gasteiger partial charge in [0.25, 0.3) is 11.8 Å². The van der Waals surface area contributed by atoms with Gasteiger partial charge >= 0.3 is 0 Å². The summed E-state index contributed by atoms with van der Waals surface area (Å²) in [5.74, 6) is -3.67. The SMILES string of the molecule is C[C@@]12CO[C@H](c3ccc(Sc4cccc(NC(=O)CCOCCOCCOCCOCCOCCOCCN5C(=O)C=CC5=O)c4)cc3)O[C@@H](C(=O)CO)C[C@H]1[C@@H]1C[C@H](F)C3=CC(=O)C=C[C@]3(C)[C@@]1(F)[C@@H](O)C2. The van der Waals surface area contributed by atoms with E-state index < -0.39 is 71.2 Å². The van der Waals surface area contributed by atoms with E-state index in [-0.39, 0.29) is 75.3 Å². The molecule has 3 aliphatic carbocycles. The predicted octanol–water partition coefficient (Wildman–Crippen LogP) is 5.08. The third-order valence-corrected chi connectivity index (χ3v) is 15.2. The minimum absolute atomic E-state index is 0.00637. The number of nitrogens with zero attached hydrogens (tertiary/aromatic N) is 1. The summed E-state index contributed by atoms with van der Waals surface area (Å²) in [6, 6.07) is 14.7. The van der Waals surface area contributed by atoms with Crippen LogP contribution in [0.25, 0.3) is 0 Å². The van der Waals surface area contributed by atoms with Crippen LogP contribution >= 0.6 is 11.8 Å². The number of benzene rings is 2. The Morgan fingerprint density at radius 2 is 1.40 bits per heavy atom. The smallest absolute Gasteiger partial charge is 0.253 e. The van der Waals surface area contributed by atoms with Crippen molar-refractivity contribution in [1.29, 1.82) is 0 Å². The molecule has 20 heteroatoms. The summed E-state index contributed by atoms with van der Waals surface area (Å²) in [6.07, 6.45) is 0.535. The number of ketones is 2. The zero-order chi connectivity index (χ0) is 52.0. The van der Waals surface area contributed by atoms with E-state index in [1.807, 2.05) is 37.3 Å². The number of carbonyl (C=O) groups excluding carboxylic acids is 5. The number of rotatable bonds is 27. The number of anilines is 1. The van der Waals surface area contributed by atoms with Crippen molar-refractivity contribution in [2.75, 3.05) is 104 Å². The largest absolute Gasteiger partial charge is 0.390 e. The van der Waals surface area contributed by atoms with Crippen molar-refractivity contribution in [3.05, 3.63) is 90.0 Å². The fraction of sp³-hybridized carbons (Fsp3) is 0.566. The molecule has 0 bridgehead atoms. The Hall–Kier alpha value is -4.58. The Balaban J connectivity index is 0.768. The van der Waals surface area contributed by atoms with E-state index in [4.69, 9.17) is 37.9 Å². The van der Waals surface area contributed by atoms with Crippen molar-refractivity contribution in [3.63, 3.8) is 0 Å². The topological polar surface area (TPSA) is 215 Å². The van der Waals surface area contributed by atoms with E-state index in [1.165, 1.54) is 43.0 Å². The van der Waals surface area contributed by atoms with Gasteiger partial charge in [-0.15, -0.1) is 0 Å². The van der Waals surface area contributed by atoms with E-state index in [9.17, 15) is 34.2 Å². The second-order valence-electron chi connectivity index (χ2n) is 19.1. The number of imide groups is 1. The number of hydrogen-bond acceptors (Lipinski definition) is 16. The molecule has 0 aromatic heterocycles.